The monoisotopic (exact) mass is 412 g/mol. The van der Waals surface area contributed by atoms with E-state index in [1.54, 1.807) is 0 Å². The summed E-state index contributed by atoms with van der Waals surface area (Å²) in [6.45, 7) is 12.4. The summed E-state index contributed by atoms with van der Waals surface area (Å²) in [7, 11) is 0. The Balaban J connectivity index is 1.98. The van der Waals surface area contributed by atoms with Crippen LogP contribution in [0.1, 0.15) is 63.1 Å². The van der Waals surface area contributed by atoms with E-state index in [-0.39, 0.29) is 22.8 Å². The first-order valence-electron chi connectivity index (χ1n) is 10.1. The van der Waals surface area contributed by atoms with Crippen molar-refractivity contribution in [1.82, 2.24) is 0 Å². The zero-order chi connectivity index (χ0) is 21.6. The van der Waals surface area contributed by atoms with Gasteiger partial charge in [-0.05, 0) is 48.9 Å². The number of carbonyl (C=O) groups excluding carboxylic acids is 2. The van der Waals surface area contributed by atoms with E-state index in [0.29, 0.717) is 11.8 Å². The van der Waals surface area contributed by atoms with Crippen LogP contribution in [0, 0.1) is 6.92 Å². The third-order valence-corrected chi connectivity index (χ3v) is 5.93. The van der Waals surface area contributed by atoms with Gasteiger partial charge in [-0.1, -0.05) is 63.6 Å². The molecule has 0 heterocycles. The lowest BCUT2D eigenvalue weighted by atomic mass is 9.92. The lowest BCUT2D eigenvalue weighted by Crippen LogP contribution is -2.26. The van der Waals surface area contributed by atoms with E-state index in [4.69, 9.17) is 0 Å². The van der Waals surface area contributed by atoms with Gasteiger partial charge < -0.3 is 10.6 Å². The van der Waals surface area contributed by atoms with E-state index in [2.05, 4.69) is 50.5 Å². The fourth-order valence-electron chi connectivity index (χ4n) is 3.03. The molecule has 0 fully saturated rings. The zero-order valence-corrected chi connectivity index (χ0v) is 19.0. The average Bonchev–Trinajstić information content (AvgIpc) is 2.67. The van der Waals surface area contributed by atoms with Crippen molar-refractivity contribution in [3.8, 4) is 0 Å². The predicted octanol–water partition coefficient (Wildman–Crippen LogP) is 5.94. The summed E-state index contributed by atoms with van der Waals surface area (Å²) in [6, 6.07) is 13.9. The fraction of sp³-hybridized carbons (Fsp3) is 0.417. The quantitative estimate of drug-likeness (QED) is 0.564. The van der Waals surface area contributed by atoms with Crippen LogP contribution in [0.3, 0.4) is 0 Å². The van der Waals surface area contributed by atoms with Crippen LogP contribution in [-0.4, -0.2) is 22.8 Å². The van der Waals surface area contributed by atoms with Crippen LogP contribution in [0.5, 0.6) is 0 Å². The number of para-hydroxylation sites is 1. The van der Waals surface area contributed by atoms with E-state index >= 15 is 0 Å². The molecule has 2 aromatic rings. The number of thioether (sulfide) groups is 1. The molecule has 0 aliphatic carbocycles. The van der Waals surface area contributed by atoms with Crippen molar-refractivity contribution >= 4 is 35.0 Å². The molecule has 1 atom stereocenters. The molecule has 5 heteroatoms. The Bertz CT molecular complexity index is 818. The van der Waals surface area contributed by atoms with Gasteiger partial charge in [0.1, 0.15) is 0 Å². The Morgan fingerprint density at radius 1 is 0.862 bits per heavy atom. The number of anilines is 2. The Kier molecular flexibility index (Phi) is 8.32. The van der Waals surface area contributed by atoms with E-state index in [9.17, 15) is 9.59 Å². The molecule has 0 saturated heterocycles. The lowest BCUT2D eigenvalue weighted by molar-refractivity contribution is -0.115. The van der Waals surface area contributed by atoms with Crippen LogP contribution in [0.25, 0.3) is 0 Å². The molecule has 2 N–H and O–H groups in total. The lowest BCUT2D eigenvalue weighted by Gasteiger charge is -2.21. The first kappa shape index (κ1) is 23.0. The maximum atomic E-state index is 12.8. The Morgan fingerprint density at radius 2 is 1.41 bits per heavy atom. The summed E-state index contributed by atoms with van der Waals surface area (Å²) in [6.07, 6.45) is 0. The smallest absolute Gasteiger partial charge is 0.237 e. The number of carbonyl (C=O) groups is 2. The summed E-state index contributed by atoms with van der Waals surface area (Å²) < 4.78 is 0. The minimum atomic E-state index is -0.334. The van der Waals surface area contributed by atoms with Gasteiger partial charge in [0.15, 0.2) is 0 Å². The van der Waals surface area contributed by atoms with Crippen LogP contribution in [0.15, 0.2) is 42.5 Å². The molecule has 0 bridgehead atoms. The number of hydrogen-bond acceptors (Lipinski definition) is 3. The molecule has 0 aromatic heterocycles. The molecule has 1 unspecified atom stereocenters. The fourth-order valence-corrected chi connectivity index (χ4v) is 3.71. The number of hydrogen-bond donors (Lipinski definition) is 2. The van der Waals surface area contributed by atoms with E-state index < -0.39 is 0 Å². The van der Waals surface area contributed by atoms with Crippen LogP contribution < -0.4 is 10.6 Å². The van der Waals surface area contributed by atoms with Crippen molar-refractivity contribution < 1.29 is 9.59 Å². The van der Waals surface area contributed by atoms with Gasteiger partial charge in [0.05, 0.1) is 11.0 Å². The van der Waals surface area contributed by atoms with Gasteiger partial charge in [-0.15, -0.1) is 11.8 Å². The van der Waals surface area contributed by atoms with Crippen molar-refractivity contribution in [2.45, 2.75) is 58.6 Å². The summed E-state index contributed by atoms with van der Waals surface area (Å²) in [4.78, 5) is 25.0. The minimum Gasteiger partial charge on any atom is -0.325 e. The topological polar surface area (TPSA) is 58.2 Å². The molecule has 4 nitrogen and oxygen atoms in total. The second-order valence-electron chi connectivity index (χ2n) is 7.98. The number of benzene rings is 2. The molecule has 0 radical (unpaired) electrons. The van der Waals surface area contributed by atoms with Crippen LogP contribution >= 0.6 is 11.8 Å². The highest BCUT2D eigenvalue weighted by molar-refractivity contribution is 8.01. The molecule has 2 aromatic carbocycles. The highest BCUT2D eigenvalue weighted by Gasteiger charge is 2.20. The maximum absolute atomic E-state index is 12.8. The molecule has 2 rings (SSSR count). The Morgan fingerprint density at radius 3 is 1.93 bits per heavy atom. The summed E-state index contributed by atoms with van der Waals surface area (Å²) in [5.74, 6) is 0.669. The molecule has 0 saturated carbocycles. The van der Waals surface area contributed by atoms with E-state index in [1.807, 2.05) is 44.2 Å². The number of nitrogens with one attached hydrogen (secondary N) is 2. The standard InChI is InChI=1S/C24H32N2O2S/c1-15(2)20-8-7-9-21(16(3)4)23(20)26-24(28)18(6)29-14-22(27)25-19-12-10-17(5)11-13-19/h7-13,15-16,18H,14H2,1-6H3,(H,25,27)(H,26,28). The SMILES string of the molecule is Cc1ccc(NC(=O)CSC(C)C(=O)Nc2c(C(C)C)cccc2C(C)C)cc1. The number of aryl methyl sites for hydroxylation is 1. The van der Waals surface area contributed by atoms with Crippen LogP contribution in [0.2, 0.25) is 0 Å². The first-order chi connectivity index (χ1) is 13.7. The zero-order valence-electron chi connectivity index (χ0n) is 18.2. The molecule has 0 aliphatic rings. The Hall–Kier alpha value is -2.27. The van der Waals surface area contributed by atoms with Crippen molar-refractivity contribution in [1.29, 1.82) is 0 Å². The Labute approximate surface area is 178 Å². The van der Waals surface area contributed by atoms with Crippen molar-refractivity contribution in [2.24, 2.45) is 0 Å². The van der Waals surface area contributed by atoms with Gasteiger partial charge >= 0.3 is 0 Å². The summed E-state index contributed by atoms with van der Waals surface area (Å²) in [5.41, 5.74) is 5.10. The second-order valence-corrected chi connectivity index (χ2v) is 9.31. The first-order valence-corrected chi connectivity index (χ1v) is 11.2. The van der Waals surface area contributed by atoms with Gasteiger partial charge in [-0.2, -0.15) is 0 Å². The molecule has 0 spiro atoms. The van der Waals surface area contributed by atoms with Gasteiger partial charge in [0, 0.05) is 11.4 Å². The van der Waals surface area contributed by atoms with Gasteiger partial charge in [-0.3, -0.25) is 9.59 Å². The normalized spacial score (nSPS) is 12.1. The third kappa shape index (κ3) is 6.64. The van der Waals surface area contributed by atoms with Crippen molar-refractivity contribution in [3.05, 3.63) is 59.2 Å². The molecule has 156 valence electrons. The van der Waals surface area contributed by atoms with Gasteiger partial charge in [0.2, 0.25) is 11.8 Å². The minimum absolute atomic E-state index is 0.0758. The van der Waals surface area contributed by atoms with Gasteiger partial charge in [-0.25, -0.2) is 0 Å². The maximum Gasteiger partial charge on any atom is 0.237 e. The highest BCUT2D eigenvalue weighted by Crippen LogP contribution is 2.32. The van der Waals surface area contributed by atoms with Crippen LogP contribution in [-0.2, 0) is 9.59 Å². The largest absolute Gasteiger partial charge is 0.325 e. The second kappa shape index (κ2) is 10.5. The van der Waals surface area contributed by atoms with Gasteiger partial charge in [0.25, 0.3) is 0 Å². The third-order valence-electron chi connectivity index (χ3n) is 4.79. The predicted molar refractivity (Wildman–Crippen MR) is 125 cm³/mol. The highest BCUT2D eigenvalue weighted by atomic mass is 32.2. The molecule has 0 aliphatic heterocycles. The molecule has 2 amide bonds. The number of amides is 2. The van der Waals surface area contributed by atoms with Crippen molar-refractivity contribution in [2.75, 3.05) is 16.4 Å². The summed E-state index contributed by atoms with van der Waals surface area (Å²) >= 11 is 1.34. The van der Waals surface area contributed by atoms with E-state index in [0.717, 1.165) is 28.1 Å². The molecule has 29 heavy (non-hydrogen) atoms. The van der Waals surface area contributed by atoms with E-state index in [1.165, 1.54) is 11.8 Å². The van der Waals surface area contributed by atoms with Crippen molar-refractivity contribution in [3.63, 3.8) is 0 Å². The summed E-state index contributed by atoms with van der Waals surface area (Å²) in [5, 5.41) is 5.67. The molecular weight excluding hydrogens is 380 g/mol. The average molecular weight is 413 g/mol. The molecular formula is C24H32N2O2S. The number of rotatable bonds is 8. The van der Waals surface area contributed by atoms with Crippen LogP contribution in [0.4, 0.5) is 11.4 Å².